The van der Waals surface area contributed by atoms with Gasteiger partial charge in [0.25, 0.3) is 0 Å². The minimum atomic E-state index is -4.02. The van der Waals surface area contributed by atoms with E-state index < -0.39 is 12.6 Å². The van der Waals surface area contributed by atoms with E-state index in [1.54, 1.807) is 11.3 Å². The molecule has 0 atom stereocenters. The maximum atomic E-state index is 11.9. The Labute approximate surface area is 102 Å². The molecule has 0 aliphatic carbocycles. The van der Waals surface area contributed by atoms with Crippen LogP contribution in [0.1, 0.15) is 35.4 Å². The van der Waals surface area contributed by atoms with E-state index in [9.17, 15) is 13.2 Å². The number of hydrogen-bond acceptors (Lipinski definition) is 3. The fourth-order valence-corrected chi connectivity index (χ4v) is 2.52. The van der Waals surface area contributed by atoms with Crippen LogP contribution in [0.4, 0.5) is 13.2 Å². The molecule has 0 amide bonds. The topological polar surface area (TPSA) is 32.3 Å². The number of rotatable bonds is 7. The first kappa shape index (κ1) is 14.5. The van der Waals surface area contributed by atoms with Crippen molar-refractivity contribution < 1.29 is 18.4 Å². The van der Waals surface area contributed by atoms with Crippen LogP contribution in [0.25, 0.3) is 0 Å². The third-order valence-electron chi connectivity index (χ3n) is 2.35. The summed E-state index contributed by atoms with van der Waals surface area (Å²) in [7, 11) is 0. The van der Waals surface area contributed by atoms with Crippen LogP contribution >= 0.6 is 11.3 Å². The van der Waals surface area contributed by atoms with Gasteiger partial charge in [-0.25, -0.2) is 5.48 Å². The van der Waals surface area contributed by atoms with Gasteiger partial charge >= 0.3 is 6.18 Å². The van der Waals surface area contributed by atoms with Crippen molar-refractivity contribution in [3.63, 3.8) is 0 Å². The number of halogens is 3. The van der Waals surface area contributed by atoms with Gasteiger partial charge in [-0.2, -0.15) is 13.2 Å². The van der Waals surface area contributed by atoms with Crippen molar-refractivity contribution in [3.05, 3.63) is 21.9 Å². The SMILES string of the molecule is ONCc1ccc(CCCCCC(F)(F)F)s1. The smallest absolute Gasteiger partial charge is 0.316 e. The highest BCUT2D eigenvalue weighted by Crippen LogP contribution is 2.24. The molecule has 17 heavy (non-hydrogen) atoms. The molecule has 0 saturated carbocycles. The van der Waals surface area contributed by atoms with Crippen molar-refractivity contribution in [1.29, 1.82) is 0 Å². The molecule has 98 valence electrons. The Hall–Kier alpha value is -0.590. The molecule has 1 heterocycles. The van der Waals surface area contributed by atoms with Gasteiger partial charge in [0, 0.05) is 16.2 Å². The molecule has 0 unspecified atom stereocenters. The average Bonchev–Trinajstić information content (AvgIpc) is 2.64. The van der Waals surface area contributed by atoms with Crippen LogP contribution in [0.5, 0.6) is 0 Å². The van der Waals surface area contributed by atoms with Crippen molar-refractivity contribution in [2.45, 2.75) is 44.8 Å². The molecule has 1 aromatic heterocycles. The van der Waals surface area contributed by atoms with Crippen LogP contribution in [0.3, 0.4) is 0 Å². The maximum Gasteiger partial charge on any atom is 0.389 e. The summed E-state index contributed by atoms with van der Waals surface area (Å²) in [5.74, 6) is 0. The highest BCUT2D eigenvalue weighted by atomic mass is 32.1. The molecule has 1 aromatic rings. The molecule has 0 fully saturated rings. The Morgan fingerprint density at radius 1 is 1.12 bits per heavy atom. The number of thiophene rings is 1. The summed E-state index contributed by atoms with van der Waals surface area (Å²) in [6, 6.07) is 3.88. The molecule has 0 radical (unpaired) electrons. The minimum absolute atomic E-state index is 0.208. The lowest BCUT2D eigenvalue weighted by Gasteiger charge is -2.04. The zero-order valence-electron chi connectivity index (χ0n) is 9.39. The van der Waals surface area contributed by atoms with E-state index in [4.69, 9.17) is 5.21 Å². The summed E-state index contributed by atoms with van der Waals surface area (Å²) < 4.78 is 35.6. The van der Waals surface area contributed by atoms with Gasteiger partial charge in [0.1, 0.15) is 0 Å². The Morgan fingerprint density at radius 2 is 1.82 bits per heavy atom. The standard InChI is InChI=1S/C11H16F3NOS/c12-11(13,14)7-3-1-2-4-9-5-6-10(17-9)8-15-16/h5-6,15-16H,1-4,7-8H2. The Balaban J connectivity index is 2.13. The Bertz CT molecular complexity index is 325. The zero-order chi connectivity index (χ0) is 12.7. The molecule has 2 N–H and O–H groups in total. The lowest BCUT2D eigenvalue weighted by molar-refractivity contribution is -0.135. The molecule has 1 rings (SSSR count). The highest BCUT2D eigenvalue weighted by molar-refractivity contribution is 7.11. The van der Waals surface area contributed by atoms with Crippen LogP contribution < -0.4 is 5.48 Å². The fraction of sp³-hybridized carbons (Fsp3) is 0.636. The molecule has 0 aromatic carbocycles. The number of aryl methyl sites for hydroxylation is 1. The molecular weight excluding hydrogens is 251 g/mol. The van der Waals surface area contributed by atoms with E-state index in [0.717, 1.165) is 22.6 Å². The van der Waals surface area contributed by atoms with Gasteiger partial charge in [-0.15, -0.1) is 11.3 Å². The van der Waals surface area contributed by atoms with Crippen LogP contribution in [-0.2, 0) is 13.0 Å². The first-order valence-corrected chi connectivity index (χ1v) is 6.34. The van der Waals surface area contributed by atoms with E-state index in [1.807, 2.05) is 12.1 Å². The molecule has 0 bridgehead atoms. The molecule has 0 aliphatic heterocycles. The number of hydroxylamine groups is 1. The van der Waals surface area contributed by atoms with Gasteiger partial charge in [0.15, 0.2) is 0 Å². The molecule has 0 spiro atoms. The molecule has 6 heteroatoms. The average molecular weight is 267 g/mol. The van der Waals surface area contributed by atoms with Gasteiger partial charge in [-0.05, 0) is 31.4 Å². The van der Waals surface area contributed by atoms with Gasteiger partial charge in [0.05, 0.1) is 6.54 Å². The quantitative estimate of drug-likeness (QED) is 0.580. The van der Waals surface area contributed by atoms with Gasteiger partial charge in [-0.1, -0.05) is 6.42 Å². The van der Waals surface area contributed by atoms with E-state index in [-0.39, 0.29) is 6.42 Å². The van der Waals surface area contributed by atoms with E-state index in [0.29, 0.717) is 13.0 Å². The predicted molar refractivity (Wildman–Crippen MR) is 61.2 cm³/mol. The van der Waals surface area contributed by atoms with Crippen molar-refractivity contribution in [3.8, 4) is 0 Å². The second-order valence-corrected chi connectivity index (χ2v) is 5.13. The van der Waals surface area contributed by atoms with Gasteiger partial charge in [-0.3, -0.25) is 0 Å². The zero-order valence-corrected chi connectivity index (χ0v) is 10.2. The Kier molecular flexibility index (Phi) is 5.94. The fourth-order valence-electron chi connectivity index (χ4n) is 1.53. The van der Waals surface area contributed by atoms with Crippen LogP contribution in [0.15, 0.2) is 12.1 Å². The van der Waals surface area contributed by atoms with Crippen LogP contribution in [0, 0.1) is 0 Å². The first-order chi connectivity index (χ1) is 8.01. The number of unbranched alkanes of at least 4 members (excludes halogenated alkanes) is 2. The third-order valence-corrected chi connectivity index (χ3v) is 3.50. The van der Waals surface area contributed by atoms with E-state index >= 15 is 0 Å². The first-order valence-electron chi connectivity index (χ1n) is 5.52. The second-order valence-electron chi connectivity index (χ2n) is 3.88. The minimum Gasteiger partial charge on any atom is -0.316 e. The lowest BCUT2D eigenvalue weighted by atomic mass is 10.1. The monoisotopic (exact) mass is 267 g/mol. The lowest BCUT2D eigenvalue weighted by Crippen LogP contribution is -2.06. The van der Waals surface area contributed by atoms with Crippen molar-refractivity contribution in [2.75, 3.05) is 0 Å². The summed E-state index contributed by atoms with van der Waals surface area (Å²) in [5, 5.41) is 8.50. The molecule has 0 aliphatic rings. The molecule has 2 nitrogen and oxygen atoms in total. The van der Waals surface area contributed by atoms with Crippen molar-refractivity contribution in [1.82, 2.24) is 5.48 Å². The van der Waals surface area contributed by atoms with Gasteiger partial charge in [0.2, 0.25) is 0 Å². The summed E-state index contributed by atoms with van der Waals surface area (Å²) in [5.41, 5.74) is 2.08. The number of hydrogen-bond donors (Lipinski definition) is 2. The van der Waals surface area contributed by atoms with Crippen LogP contribution in [-0.4, -0.2) is 11.4 Å². The highest BCUT2D eigenvalue weighted by Gasteiger charge is 2.25. The predicted octanol–water partition coefficient (Wildman–Crippen LogP) is 3.89. The summed E-state index contributed by atoms with van der Waals surface area (Å²) in [6.45, 7) is 0.415. The number of nitrogens with one attached hydrogen (secondary N) is 1. The number of alkyl halides is 3. The van der Waals surface area contributed by atoms with Crippen molar-refractivity contribution >= 4 is 11.3 Å². The van der Waals surface area contributed by atoms with Crippen molar-refractivity contribution in [2.24, 2.45) is 0 Å². The third kappa shape index (κ3) is 6.65. The molecule has 0 saturated heterocycles. The molecular formula is C11H16F3NOS. The summed E-state index contributed by atoms with van der Waals surface area (Å²) >= 11 is 1.58. The largest absolute Gasteiger partial charge is 0.389 e. The van der Waals surface area contributed by atoms with Gasteiger partial charge < -0.3 is 5.21 Å². The second kappa shape index (κ2) is 6.98. The van der Waals surface area contributed by atoms with Crippen LogP contribution in [0.2, 0.25) is 0 Å². The van der Waals surface area contributed by atoms with E-state index in [1.165, 1.54) is 0 Å². The summed E-state index contributed by atoms with van der Waals surface area (Å²) in [4.78, 5) is 2.18. The van der Waals surface area contributed by atoms with E-state index in [2.05, 4.69) is 5.48 Å². The maximum absolute atomic E-state index is 11.9. The Morgan fingerprint density at radius 3 is 2.47 bits per heavy atom. The summed E-state index contributed by atoms with van der Waals surface area (Å²) in [6.07, 6.45) is -2.30. The normalized spacial score (nSPS) is 12.0.